The third kappa shape index (κ3) is 4.31. The van der Waals surface area contributed by atoms with Crippen molar-refractivity contribution in [2.75, 3.05) is 6.54 Å². The molecule has 0 aliphatic rings. The van der Waals surface area contributed by atoms with Gasteiger partial charge in [0.15, 0.2) is 0 Å². The van der Waals surface area contributed by atoms with Crippen LogP contribution in [0.5, 0.6) is 0 Å². The van der Waals surface area contributed by atoms with Crippen LogP contribution in [0.25, 0.3) is 0 Å². The van der Waals surface area contributed by atoms with Gasteiger partial charge in [0.25, 0.3) is 0 Å². The number of hydrogen-bond acceptors (Lipinski definition) is 3. The Morgan fingerprint density at radius 3 is 2.24 bits per heavy atom. The number of aliphatic carboxylic acids is 1. The zero-order chi connectivity index (χ0) is 16.4. The molecule has 0 atom stereocenters. The van der Waals surface area contributed by atoms with Crippen molar-refractivity contribution in [1.82, 2.24) is 14.7 Å². The number of rotatable bonds is 5. The minimum Gasteiger partial charge on any atom is -0.481 e. The van der Waals surface area contributed by atoms with Crippen molar-refractivity contribution in [2.24, 2.45) is 7.05 Å². The van der Waals surface area contributed by atoms with Gasteiger partial charge in [-0.3, -0.25) is 14.3 Å². The Hall–Kier alpha value is -1.85. The number of carboxylic acid groups (broad SMARTS) is 1. The highest BCUT2D eigenvalue weighted by Crippen LogP contribution is 2.19. The van der Waals surface area contributed by atoms with E-state index in [2.05, 4.69) is 5.10 Å². The Morgan fingerprint density at radius 1 is 1.29 bits per heavy atom. The zero-order valence-corrected chi connectivity index (χ0v) is 13.7. The molecule has 21 heavy (non-hydrogen) atoms. The standard InChI is InChI=1S/C15H25N3O3/c1-10-12(11(2)17(6)16-10)9-13(19)18(15(3,4)5)8-7-14(20)21/h7-9H2,1-6H3,(H,20,21). The Bertz CT molecular complexity index is 541. The molecule has 0 aliphatic carbocycles. The Kier molecular flexibility index (Phi) is 5.15. The van der Waals surface area contributed by atoms with Crippen LogP contribution in [0.4, 0.5) is 0 Å². The summed E-state index contributed by atoms with van der Waals surface area (Å²) in [5.41, 5.74) is 2.33. The van der Waals surface area contributed by atoms with Crippen molar-refractivity contribution in [3.63, 3.8) is 0 Å². The van der Waals surface area contributed by atoms with E-state index in [0.717, 1.165) is 17.0 Å². The lowest BCUT2D eigenvalue weighted by Crippen LogP contribution is -2.47. The van der Waals surface area contributed by atoms with Gasteiger partial charge in [-0.2, -0.15) is 5.10 Å². The average molecular weight is 295 g/mol. The normalized spacial score (nSPS) is 11.5. The first kappa shape index (κ1) is 17.2. The molecule has 118 valence electrons. The van der Waals surface area contributed by atoms with E-state index in [9.17, 15) is 9.59 Å². The van der Waals surface area contributed by atoms with Crippen LogP contribution in [0.1, 0.15) is 44.1 Å². The van der Waals surface area contributed by atoms with Gasteiger partial charge < -0.3 is 10.0 Å². The number of amides is 1. The maximum atomic E-state index is 12.6. The monoisotopic (exact) mass is 295 g/mol. The largest absolute Gasteiger partial charge is 0.481 e. The average Bonchev–Trinajstić information content (AvgIpc) is 2.54. The molecule has 1 heterocycles. The predicted octanol–water partition coefficient (Wildman–Crippen LogP) is 1.68. The maximum Gasteiger partial charge on any atom is 0.305 e. The molecule has 6 nitrogen and oxygen atoms in total. The van der Waals surface area contributed by atoms with Gasteiger partial charge in [0.2, 0.25) is 5.91 Å². The summed E-state index contributed by atoms with van der Waals surface area (Å²) in [5, 5.41) is 13.2. The van der Waals surface area contributed by atoms with Crippen molar-refractivity contribution < 1.29 is 14.7 Å². The Balaban J connectivity index is 2.93. The minimum absolute atomic E-state index is 0.0476. The molecule has 1 rings (SSSR count). The second-order valence-corrected chi connectivity index (χ2v) is 6.31. The lowest BCUT2D eigenvalue weighted by atomic mass is 10.0. The van der Waals surface area contributed by atoms with Gasteiger partial charge in [-0.05, 0) is 34.6 Å². The predicted molar refractivity (Wildman–Crippen MR) is 80.1 cm³/mol. The summed E-state index contributed by atoms with van der Waals surface area (Å²) in [6.07, 6.45) is 0.205. The van der Waals surface area contributed by atoms with E-state index in [-0.39, 0.29) is 25.3 Å². The van der Waals surface area contributed by atoms with Crippen LogP contribution in [0.2, 0.25) is 0 Å². The summed E-state index contributed by atoms with van der Waals surface area (Å²) >= 11 is 0. The van der Waals surface area contributed by atoms with E-state index in [1.165, 1.54) is 0 Å². The first-order valence-corrected chi connectivity index (χ1v) is 7.05. The minimum atomic E-state index is -0.897. The molecule has 1 aromatic heterocycles. The molecule has 0 unspecified atom stereocenters. The molecule has 1 N–H and O–H groups in total. The lowest BCUT2D eigenvalue weighted by Gasteiger charge is -2.35. The van der Waals surface area contributed by atoms with Crippen LogP contribution in [0, 0.1) is 13.8 Å². The third-order valence-corrected chi connectivity index (χ3v) is 3.65. The van der Waals surface area contributed by atoms with Crippen molar-refractivity contribution in [3.8, 4) is 0 Å². The number of hydrogen-bond donors (Lipinski definition) is 1. The number of carbonyl (C=O) groups is 2. The molecule has 0 bridgehead atoms. The summed E-state index contributed by atoms with van der Waals surface area (Å²) in [4.78, 5) is 25.0. The fraction of sp³-hybridized carbons (Fsp3) is 0.667. The highest BCUT2D eigenvalue weighted by Gasteiger charge is 2.28. The van der Waals surface area contributed by atoms with Crippen LogP contribution in [0.15, 0.2) is 0 Å². The van der Waals surface area contributed by atoms with Gasteiger partial charge in [-0.1, -0.05) is 0 Å². The lowest BCUT2D eigenvalue weighted by molar-refractivity contribution is -0.140. The van der Waals surface area contributed by atoms with Crippen molar-refractivity contribution in [1.29, 1.82) is 0 Å². The summed E-state index contributed by atoms with van der Waals surface area (Å²) in [6.45, 7) is 9.77. The molecule has 1 amide bonds. The number of aromatic nitrogens is 2. The van der Waals surface area contributed by atoms with Gasteiger partial charge >= 0.3 is 5.97 Å². The van der Waals surface area contributed by atoms with Crippen molar-refractivity contribution in [2.45, 2.75) is 53.0 Å². The summed E-state index contributed by atoms with van der Waals surface area (Å²) in [7, 11) is 1.85. The fourth-order valence-electron chi connectivity index (χ4n) is 2.36. The molecule has 0 saturated carbocycles. The zero-order valence-electron chi connectivity index (χ0n) is 13.7. The van der Waals surface area contributed by atoms with Crippen molar-refractivity contribution in [3.05, 3.63) is 17.0 Å². The van der Waals surface area contributed by atoms with E-state index in [4.69, 9.17) is 5.11 Å². The summed E-state index contributed by atoms with van der Waals surface area (Å²) in [6, 6.07) is 0. The van der Waals surface area contributed by atoms with E-state index in [0.29, 0.717) is 0 Å². The van der Waals surface area contributed by atoms with Crippen LogP contribution in [-0.4, -0.2) is 43.7 Å². The maximum absolute atomic E-state index is 12.6. The molecule has 0 aromatic carbocycles. The van der Waals surface area contributed by atoms with E-state index in [1.54, 1.807) is 9.58 Å². The second kappa shape index (κ2) is 6.28. The van der Waals surface area contributed by atoms with Crippen LogP contribution >= 0.6 is 0 Å². The van der Waals surface area contributed by atoms with Crippen molar-refractivity contribution >= 4 is 11.9 Å². The smallest absolute Gasteiger partial charge is 0.305 e. The highest BCUT2D eigenvalue weighted by atomic mass is 16.4. The first-order chi connectivity index (χ1) is 9.54. The van der Waals surface area contributed by atoms with Gasteiger partial charge in [-0.25, -0.2) is 0 Å². The Morgan fingerprint density at radius 2 is 1.86 bits per heavy atom. The molecule has 0 saturated heterocycles. The quantitative estimate of drug-likeness (QED) is 0.896. The molecular formula is C15H25N3O3. The van der Waals surface area contributed by atoms with E-state index < -0.39 is 11.5 Å². The van der Waals surface area contributed by atoms with Gasteiger partial charge in [0, 0.05) is 30.4 Å². The number of carboxylic acids is 1. The fourth-order valence-corrected chi connectivity index (χ4v) is 2.36. The molecular weight excluding hydrogens is 270 g/mol. The summed E-state index contributed by atoms with van der Waals surface area (Å²) in [5.74, 6) is -0.964. The molecule has 1 aromatic rings. The Labute approximate surface area is 125 Å². The topological polar surface area (TPSA) is 75.4 Å². The van der Waals surface area contributed by atoms with Crippen LogP contribution < -0.4 is 0 Å². The van der Waals surface area contributed by atoms with Crippen LogP contribution in [-0.2, 0) is 23.1 Å². The van der Waals surface area contributed by atoms with Gasteiger partial charge in [0.05, 0.1) is 18.5 Å². The van der Waals surface area contributed by atoms with E-state index in [1.807, 2.05) is 41.7 Å². The molecule has 0 fully saturated rings. The molecule has 0 radical (unpaired) electrons. The number of carbonyl (C=O) groups excluding carboxylic acids is 1. The van der Waals surface area contributed by atoms with Gasteiger partial charge in [0.1, 0.15) is 0 Å². The molecule has 6 heteroatoms. The van der Waals surface area contributed by atoms with Crippen LogP contribution in [0.3, 0.4) is 0 Å². The molecule has 0 spiro atoms. The van der Waals surface area contributed by atoms with Gasteiger partial charge in [-0.15, -0.1) is 0 Å². The highest BCUT2D eigenvalue weighted by molar-refractivity contribution is 5.80. The van der Waals surface area contributed by atoms with E-state index >= 15 is 0 Å². The second-order valence-electron chi connectivity index (χ2n) is 6.31. The number of aryl methyl sites for hydroxylation is 2. The summed E-state index contributed by atoms with van der Waals surface area (Å²) < 4.78 is 1.76. The third-order valence-electron chi connectivity index (χ3n) is 3.65. The SMILES string of the molecule is Cc1nn(C)c(C)c1CC(=O)N(CCC(=O)O)C(C)(C)C. The molecule has 0 aliphatic heterocycles. The number of nitrogens with zero attached hydrogens (tertiary/aromatic N) is 3. The first-order valence-electron chi connectivity index (χ1n) is 7.05.